The number of nitrogens with zero attached hydrogens (tertiary/aromatic N) is 1. The minimum Gasteiger partial charge on any atom is -0.384 e. The summed E-state index contributed by atoms with van der Waals surface area (Å²) < 4.78 is 0. The molecule has 12 heavy (non-hydrogen) atoms. The summed E-state index contributed by atoms with van der Waals surface area (Å²) in [4.78, 5) is 2.01. The van der Waals surface area contributed by atoms with E-state index in [9.17, 15) is 0 Å². The van der Waals surface area contributed by atoms with E-state index in [0.29, 0.717) is 0 Å². The highest BCUT2D eigenvalue weighted by Gasteiger charge is 2.00. The lowest BCUT2D eigenvalue weighted by atomic mass is 10.3. The van der Waals surface area contributed by atoms with Crippen LogP contribution in [-0.2, 0) is 0 Å². The van der Waals surface area contributed by atoms with Gasteiger partial charge in [-0.3, -0.25) is 0 Å². The van der Waals surface area contributed by atoms with Gasteiger partial charge in [-0.25, -0.2) is 0 Å². The zero-order valence-corrected chi connectivity index (χ0v) is 8.22. The molecule has 0 unspecified atom stereocenters. The summed E-state index contributed by atoms with van der Waals surface area (Å²) in [6.07, 6.45) is 3.63. The standard InChI is InChI=1S/C10H18N2/c1-6-9(11-8-3)10(7-2)12(4)5/h6-7,11H,1-2,8H2,3-5H3/b10-9-. The third-order valence-electron chi connectivity index (χ3n) is 1.52. The van der Waals surface area contributed by atoms with E-state index in [0.717, 1.165) is 17.9 Å². The predicted molar refractivity (Wildman–Crippen MR) is 54.8 cm³/mol. The minimum absolute atomic E-state index is 0.895. The van der Waals surface area contributed by atoms with Crippen molar-refractivity contribution in [3.05, 3.63) is 36.7 Å². The second kappa shape index (κ2) is 5.47. The molecule has 0 saturated heterocycles. The van der Waals surface area contributed by atoms with Crippen molar-refractivity contribution in [1.29, 1.82) is 0 Å². The molecule has 0 atom stereocenters. The molecule has 0 aliphatic heterocycles. The van der Waals surface area contributed by atoms with Crippen LogP contribution in [0.15, 0.2) is 36.7 Å². The molecule has 0 radical (unpaired) electrons. The maximum Gasteiger partial charge on any atom is 0.0590 e. The first-order valence-corrected chi connectivity index (χ1v) is 4.07. The van der Waals surface area contributed by atoms with E-state index in [1.807, 2.05) is 25.1 Å². The number of allylic oxidation sites excluding steroid dienone is 2. The first-order valence-electron chi connectivity index (χ1n) is 4.07. The molecular weight excluding hydrogens is 148 g/mol. The van der Waals surface area contributed by atoms with Crippen molar-refractivity contribution < 1.29 is 0 Å². The molecule has 2 heteroatoms. The Labute approximate surface area is 75.3 Å². The van der Waals surface area contributed by atoms with E-state index in [4.69, 9.17) is 0 Å². The first-order chi connectivity index (χ1) is 5.67. The van der Waals surface area contributed by atoms with Crippen molar-refractivity contribution in [2.75, 3.05) is 20.6 Å². The molecule has 0 bridgehead atoms. The van der Waals surface area contributed by atoms with Crippen molar-refractivity contribution in [2.24, 2.45) is 0 Å². The second-order valence-electron chi connectivity index (χ2n) is 2.63. The van der Waals surface area contributed by atoms with Crippen molar-refractivity contribution in [3.8, 4) is 0 Å². The molecule has 0 aliphatic carbocycles. The van der Waals surface area contributed by atoms with Crippen LogP contribution in [-0.4, -0.2) is 25.5 Å². The molecule has 0 saturated carbocycles. The molecular formula is C10H18N2. The fraction of sp³-hybridized carbons (Fsp3) is 0.400. The van der Waals surface area contributed by atoms with E-state index >= 15 is 0 Å². The fourth-order valence-electron chi connectivity index (χ4n) is 0.991. The molecule has 2 nitrogen and oxygen atoms in total. The smallest absolute Gasteiger partial charge is 0.0590 e. The third-order valence-corrected chi connectivity index (χ3v) is 1.52. The maximum atomic E-state index is 3.75. The topological polar surface area (TPSA) is 15.3 Å². The number of rotatable bonds is 5. The summed E-state index contributed by atoms with van der Waals surface area (Å²) in [5.74, 6) is 0. The summed E-state index contributed by atoms with van der Waals surface area (Å²) in [5, 5.41) is 3.21. The number of hydrogen-bond donors (Lipinski definition) is 1. The van der Waals surface area contributed by atoms with E-state index < -0.39 is 0 Å². The van der Waals surface area contributed by atoms with Crippen LogP contribution in [0.2, 0.25) is 0 Å². The minimum atomic E-state index is 0.895. The van der Waals surface area contributed by atoms with Gasteiger partial charge in [-0.2, -0.15) is 0 Å². The first kappa shape index (κ1) is 10.8. The summed E-state index contributed by atoms with van der Waals surface area (Å²) in [6.45, 7) is 10.4. The summed E-state index contributed by atoms with van der Waals surface area (Å²) in [5.41, 5.74) is 2.09. The van der Waals surface area contributed by atoms with Crippen LogP contribution in [0.4, 0.5) is 0 Å². The van der Waals surface area contributed by atoms with Crippen molar-refractivity contribution in [3.63, 3.8) is 0 Å². The lowest BCUT2D eigenvalue weighted by Gasteiger charge is -2.17. The number of likely N-dealkylation sites (N-methyl/N-ethyl adjacent to an activating group) is 2. The van der Waals surface area contributed by atoms with Gasteiger partial charge in [0.25, 0.3) is 0 Å². The van der Waals surface area contributed by atoms with Gasteiger partial charge in [-0.05, 0) is 19.1 Å². The normalized spacial score (nSPS) is 11.6. The molecule has 0 aliphatic rings. The van der Waals surface area contributed by atoms with Crippen LogP contribution in [0.1, 0.15) is 6.92 Å². The maximum absolute atomic E-state index is 3.75. The Morgan fingerprint density at radius 3 is 2.17 bits per heavy atom. The zero-order chi connectivity index (χ0) is 9.56. The predicted octanol–water partition coefficient (Wildman–Crippen LogP) is 1.74. The Hall–Kier alpha value is -1.18. The van der Waals surface area contributed by atoms with Crippen molar-refractivity contribution >= 4 is 0 Å². The Morgan fingerprint density at radius 2 is 1.92 bits per heavy atom. The third kappa shape index (κ3) is 2.82. The Balaban J connectivity index is 4.73. The van der Waals surface area contributed by atoms with Crippen LogP contribution in [0.25, 0.3) is 0 Å². The van der Waals surface area contributed by atoms with Crippen LogP contribution in [0.5, 0.6) is 0 Å². The number of nitrogens with one attached hydrogen (secondary N) is 1. The summed E-state index contributed by atoms with van der Waals surface area (Å²) in [7, 11) is 3.97. The quantitative estimate of drug-likeness (QED) is 0.626. The van der Waals surface area contributed by atoms with E-state index in [-0.39, 0.29) is 0 Å². The second-order valence-corrected chi connectivity index (χ2v) is 2.63. The van der Waals surface area contributed by atoms with Crippen LogP contribution < -0.4 is 5.32 Å². The van der Waals surface area contributed by atoms with Gasteiger partial charge in [0.1, 0.15) is 0 Å². The Morgan fingerprint density at radius 1 is 1.33 bits per heavy atom. The van der Waals surface area contributed by atoms with Crippen LogP contribution in [0.3, 0.4) is 0 Å². The summed E-state index contributed by atoms with van der Waals surface area (Å²) in [6, 6.07) is 0. The average Bonchev–Trinajstić information content (AvgIpc) is 2.03. The van der Waals surface area contributed by atoms with E-state index in [1.165, 1.54) is 0 Å². The molecule has 0 fully saturated rings. The van der Waals surface area contributed by atoms with Crippen molar-refractivity contribution in [2.45, 2.75) is 6.92 Å². The highest BCUT2D eigenvalue weighted by molar-refractivity contribution is 5.28. The van der Waals surface area contributed by atoms with Crippen molar-refractivity contribution in [1.82, 2.24) is 10.2 Å². The average molecular weight is 166 g/mol. The molecule has 0 aromatic heterocycles. The monoisotopic (exact) mass is 166 g/mol. The molecule has 0 aromatic rings. The SMILES string of the molecule is C=C/C(NCC)=C(\C=C)N(C)C. The summed E-state index contributed by atoms with van der Waals surface area (Å²) >= 11 is 0. The lowest BCUT2D eigenvalue weighted by Crippen LogP contribution is -2.19. The molecule has 0 aromatic carbocycles. The van der Waals surface area contributed by atoms with Gasteiger partial charge in [-0.1, -0.05) is 13.2 Å². The van der Waals surface area contributed by atoms with Gasteiger partial charge in [0.2, 0.25) is 0 Å². The zero-order valence-electron chi connectivity index (χ0n) is 8.22. The molecule has 0 amide bonds. The molecule has 0 rings (SSSR count). The van der Waals surface area contributed by atoms with Crippen LogP contribution >= 0.6 is 0 Å². The van der Waals surface area contributed by atoms with E-state index in [1.54, 1.807) is 6.08 Å². The Bertz CT molecular complexity index is 190. The lowest BCUT2D eigenvalue weighted by molar-refractivity contribution is 0.519. The molecule has 1 N–H and O–H groups in total. The molecule has 0 heterocycles. The highest BCUT2D eigenvalue weighted by atomic mass is 15.1. The van der Waals surface area contributed by atoms with Crippen LogP contribution in [0, 0.1) is 0 Å². The molecule has 68 valence electrons. The van der Waals surface area contributed by atoms with Gasteiger partial charge in [0, 0.05) is 20.6 Å². The number of hydrogen-bond acceptors (Lipinski definition) is 2. The van der Waals surface area contributed by atoms with Gasteiger partial charge in [0.15, 0.2) is 0 Å². The fourth-order valence-corrected chi connectivity index (χ4v) is 0.991. The van der Waals surface area contributed by atoms with Gasteiger partial charge >= 0.3 is 0 Å². The van der Waals surface area contributed by atoms with Gasteiger partial charge in [-0.15, -0.1) is 0 Å². The van der Waals surface area contributed by atoms with E-state index in [2.05, 4.69) is 25.4 Å². The van der Waals surface area contributed by atoms with Gasteiger partial charge < -0.3 is 10.2 Å². The largest absolute Gasteiger partial charge is 0.384 e. The van der Waals surface area contributed by atoms with Gasteiger partial charge in [0.05, 0.1) is 11.4 Å². The Kier molecular flexibility index (Phi) is 4.93. The highest BCUT2D eigenvalue weighted by Crippen LogP contribution is 2.06. The molecule has 0 spiro atoms.